The van der Waals surface area contributed by atoms with Crippen LogP contribution in [0.4, 0.5) is 10.1 Å². The SMILES string of the molecule is CC.CN(C)C(=O)[C@H]1CCCN(CC2CNCCN2CC(=O)N2CC(C)(C)c3[nH]c(=O)c(CC4CCC(F)CC4)cc32)C1. The van der Waals surface area contributed by atoms with Gasteiger partial charge in [-0.3, -0.25) is 19.3 Å². The third-order valence-electron chi connectivity index (χ3n) is 9.78. The first-order valence-corrected chi connectivity index (χ1v) is 16.6. The minimum Gasteiger partial charge on any atom is -0.349 e. The molecule has 1 unspecified atom stereocenters. The summed E-state index contributed by atoms with van der Waals surface area (Å²) in [5.41, 5.74) is 1.92. The summed E-state index contributed by atoms with van der Waals surface area (Å²) in [6.45, 7) is 14.0. The number of aromatic amines is 1. The summed E-state index contributed by atoms with van der Waals surface area (Å²) >= 11 is 0. The number of rotatable bonds is 7. The van der Waals surface area contributed by atoms with Gasteiger partial charge in [0.15, 0.2) is 0 Å². The molecule has 4 heterocycles. The second-order valence-electron chi connectivity index (χ2n) is 13.7. The van der Waals surface area contributed by atoms with E-state index in [-0.39, 0.29) is 34.7 Å². The van der Waals surface area contributed by atoms with Gasteiger partial charge in [0.05, 0.1) is 18.2 Å². The first kappa shape index (κ1) is 33.6. The van der Waals surface area contributed by atoms with Crippen LogP contribution in [0, 0.1) is 11.8 Å². The molecule has 1 aliphatic carbocycles. The van der Waals surface area contributed by atoms with Crippen LogP contribution >= 0.6 is 0 Å². The minimum absolute atomic E-state index is 0.0390. The van der Waals surface area contributed by atoms with Crippen molar-refractivity contribution in [2.45, 2.75) is 90.3 Å². The molecule has 1 aromatic rings. The molecule has 0 aromatic carbocycles. The van der Waals surface area contributed by atoms with Crippen LogP contribution in [0.5, 0.6) is 0 Å². The Balaban J connectivity index is 0.00000207. The molecule has 1 aromatic heterocycles. The van der Waals surface area contributed by atoms with Gasteiger partial charge in [0.25, 0.3) is 5.56 Å². The van der Waals surface area contributed by atoms with Crippen molar-refractivity contribution < 1.29 is 14.0 Å². The molecule has 2 N–H and O–H groups in total. The van der Waals surface area contributed by atoms with Gasteiger partial charge in [-0.1, -0.05) is 27.7 Å². The summed E-state index contributed by atoms with van der Waals surface area (Å²) in [6, 6.07) is 2.13. The van der Waals surface area contributed by atoms with Crippen LogP contribution < -0.4 is 15.8 Å². The van der Waals surface area contributed by atoms with E-state index in [0.717, 1.165) is 76.3 Å². The number of amides is 2. The molecule has 0 bridgehead atoms. The first-order valence-electron chi connectivity index (χ1n) is 16.6. The number of anilines is 1. The summed E-state index contributed by atoms with van der Waals surface area (Å²) in [6.07, 6.45) is 4.61. The highest BCUT2D eigenvalue weighted by Gasteiger charge is 2.41. The van der Waals surface area contributed by atoms with Gasteiger partial charge in [-0.15, -0.1) is 0 Å². The Kier molecular flexibility index (Phi) is 11.4. The number of hydrogen-bond donors (Lipinski definition) is 2. The number of piperazine rings is 1. The van der Waals surface area contributed by atoms with Gasteiger partial charge in [-0.05, 0) is 63.5 Å². The van der Waals surface area contributed by atoms with Crippen molar-refractivity contribution in [2.24, 2.45) is 11.8 Å². The molecular weight excluding hydrogens is 547 g/mol. The zero-order valence-corrected chi connectivity index (χ0v) is 27.4. The minimum atomic E-state index is -0.718. The zero-order valence-electron chi connectivity index (χ0n) is 27.4. The van der Waals surface area contributed by atoms with Crippen LogP contribution in [-0.2, 0) is 21.4 Å². The van der Waals surface area contributed by atoms with Crippen LogP contribution in [0.25, 0.3) is 0 Å². The predicted molar refractivity (Wildman–Crippen MR) is 170 cm³/mol. The molecule has 0 spiro atoms. The number of pyridine rings is 1. The van der Waals surface area contributed by atoms with E-state index in [1.54, 1.807) is 4.90 Å². The fraction of sp³-hybridized carbons (Fsp3) is 0.788. The molecule has 242 valence electrons. The number of carbonyl (C=O) groups is 2. The molecule has 3 fully saturated rings. The summed E-state index contributed by atoms with van der Waals surface area (Å²) in [4.78, 5) is 51.0. The van der Waals surface area contributed by atoms with Crippen molar-refractivity contribution in [1.82, 2.24) is 25.0 Å². The van der Waals surface area contributed by atoms with Crippen LogP contribution in [0.15, 0.2) is 10.9 Å². The fourth-order valence-corrected chi connectivity index (χ4v) is 7.40. The van der Waals surface area contributed by atoms with E-state index >= 15 is 0 Å². The van der Waals surface area contributed by atoms with Gasteiger partial charge in [0.2, 0.25) is 11.8 Å². The lowest BCUT2D eigenvalue weighted by Crippen LogP contribution is -2.59. The summed E-state index contributed by atoms with van der Waals surface area (Å²) in [5.74, 6) is 0.603. The number of fused-ring (bicyclic) bond motifs is 1. The monoisotopic (exact) mass is 602 g/mol. The van der Waals surface area contributed by atoms with Crippen molar-refractivity contribution in [3.8, 4) is 0 Å². The highest BCUT2D eigenvalue weighted by Crippen LogP contribution is 2.39. The number of hydrogen-bond acceptors (Lipinski definition) is 6. The number of aromatic nitrogens is 1. The molecule has 10 heteroatoms. The van der Waals surface area contributed by atoms with E-state index in [1.165, 1.54) is 0 Å². The average molecular weight is 603 g/mol. The maximum atomic E-state index is 13.9. The lowest BCUT2D eigenvalue weighted by atomic mass is 9.84. The zero-order chi connectivity index (χ0) is 31.3. The number of piperidine rings is 1. The normalized spacial score (nSPS) is 27.7. The molecule has 9 nitrogen and oxygen atoms in total. The van der Waals surface area contributed by atoms with Crippen molar-refractivity contribution >= 4 is 17.5 Å². The lowest BCUT2D eigenvalue weighted by molar-refractivity contribution is -0.134. The van der Waals surface area contributed by atoms with Crippen LogP contribution in [0.2, 0.25) is 0 Å². The topological polar surface area (TPSA) is 92.0 Å². The number of alkyl halides is 1. The van der Waals surface area contributed by atoms with Gasteiger partial charge in [0.1, 0.15) is 6.17 Å². The number of halogens is 1. The quantitative estimate of drug-likeness (QED) is 0.498. The molecule has 2 atom stereocenters. The standard InChI is InChI=1S/C31H49FN6O3.C2H6/c1-31(2)20-38(26-15-23(29(40)34-28(26)31)14-21-7-9-24(32)10-8-21)27(39)19-37-13-11-33-16-25(37)18-36-12-5-6-22(17-36)30(41)35(3)4;1-2/h15,21-22,24-25,33H,5-14,16-20H2,1-4H3,(H,34,40);1-2H3/t21?,22-,24?,25?;/m0./s1. The molecule has 2 amide bonds. The largest absolute Gasteiger partial charge is 0.349 e. The molecule has 4 aliphatic rings. The van der Waals surface area contributed by atoms with Crippen molar-refractivity contribution in [3.63, 3.8) is 0 Å². The van der Waals surface area contributed by atoms with Gasteiger partial charge in [0, 0.05) is 76.1 Å². The Morgan fingerprint density at radius 3 is 2.51 bits per heavy atom. The van der Waals surface area contributed by atoms with Crippen molar-refractivity contribution in [3.05, 3.63) is 27.7 Å². The predicted octanol–water partition coefficient (Wildman–Crippen LogP) is 3.17. The molecule has 43 heavy (non-hydrogen) atoms. The lowest BCUT2D eigenvalue weighted by Gasteiger charge is -2.41. The summed E-state index contributed by atoms with van der Waals surface area (Å²) in [5, 5.41) is 3.50. The third kappa shape index (κ3) is 8.05. The highest BCUT2D eigenvalue weighted by molar-refractivity contribution is 5.97. The second kappa shape index (κ2) is 14.7. The van der Waals surface area contributed by atoms with Gasteiger partial charge >= 0.3 is 0 Å². The van der Waals surface area contributed by atoms with Crippen LogP contribution in [0.1, 0.15) is 77.5 Å². The Hall–Kier alpha value is -2.30. The van der Waals surface area contributed by atoms with Crippen LogP contribution in [0.3, 0.4) is 0 Å². The van der Waals surface area contributed by atoms with E-state index in [4.69, 9.17) is 0 Å². The Morgan fingerprint density at radius 1 is 1.09 bits per heavy atom. The first-order chi connectivity index (χ1) is 20.5. The van der Waals surface area contributed by atoms with Crippen LogP contribution in [-0.4, -0.2) is 110 Å². The maximum Gasteiger partial charge on any atom is 0.251 e. The molecule has 5 rings (SSSR count). The van der Waals surface area contributed by atoms with E-state index in [9.17, 15) is 18.8 Å². The smallest absolute Gasteiger partial charge is 0.251 e. The Morgan fingerprint density at radius 2 is 1.81 bits per heavy atom. The molecule has 2 saturated heterocycles. The average Bonchev–Trinajstić information content (AvgIpc) is 3.25. The second-order valence-corrected chi connectivity index (χ2v) is 13.7. The number of nitrogens with one attached hydrogen (secondary N) is 2. The van der Waals surface area contributed by atoms with Crippen molar-refractivity contribution in [2.75, 3.05) is 71.4 Å². The van der Waals surface area contributed by atoms with Gasteiger partial charge in [-0.25, -0.2) is 4.39 Å². The maximum absolute atomic E-state index is 13.9. The van der Waals surface area contributed by atoms with Gasteiger partial charge in [-0.2, -0.15) is 0 Å². The number of carbonyl (C=O) groups excluding carboxylic acids is 2. The summed E-state index contributed by atoms with van der Waals surface area (Å²) < 4.78 is 13.7. The molecular formula is C33H55FN6O3. The fourth-order valence-electron chi connectivity index (χ4n) is 7.40. The van der Waals surface area contributed by atoms with E-state index in [2.05, 4.69) is 33.9 Å². The highest BCUT2D eigenvalue weighted by atomic mass is 19.1. The summed E-state index contributed by atoms with van der Waals surface area (Å²) in [7, 11) is 3.65. The van der Waals surface area contributed by atoms with Gasteiger partial charge < -0.3 is 25.0 Å². The number of nitrogens with zero attached hydrogens (tertiary/aromatic N) is 4. The van der Waals surface area contributed by atoms with E-state index in [1.807, 2.05) is 38.9 Å². The third-order valence-corrected chi connectivity index (χ3v) is 9.78. The molecule has 1 saturated carbocycles. The number of likely N-dealkylation sites (tertiary alicyclic amines) is 1. The Bertz CT molecular complexity index is 1160. The molecule has 0 radical (unpaired) electrons. The number of H-pyrrole nitrogens is 1. The van der Waals surface area contributed by atoms with E-state index < -0.39 is 6.17 Å². The van der Waals surface area contributed by atoms with Crippen molar-refractivity contribution in [1.29, 1.82) is 0 Å². The Labute approximate surface area is 257 Å². The molecule has 3 aliphatic heterocycles. The van der Waals surface area contributed by atoms with E-state index in [0.29, 0.717) is 43.8 Å².